The number of hydrogen-bond donors (Lipinski definition) is 1. The molecule has 4 nitrogen and oxygen atoms in total. The normalized spacial score (nSPS) is 12.5. The largest absolute Gasteiger partial charge is 0.352 e. The van der Waals surface area contributed by atoms with E-state index in [-0.39, 0.29) is 11.7 Å². The van der Waals surface area contributed by atoms with Gasteiger partial charge in [0.25, 0.3) is 0 Å². The first-order valence-electron chi connectivity index (χ1n) is 7.24. The second kappa shape index (κ2) is 7.54. The van der Waals surface area contributed by atoms with Crippen LogP contribution in [0, 0.1) is 18.7 Å². The number of nitrogens with one attached hydrogen (secondary N) is 1. The van der Waals surface area contributed by atoms with Crippen LogP contribution >= 0.6 is 0 Å². The Morgan fingerprint density at radius 2 is 2.14 bits per heavy atom. The Bertz CT molecular complexity index is 646. The van der Waals surface area contributed by atoms with E-state index in [4.69, 9.17) is 0 Å². The molecule has 1 aromatic heterocycles. The fourth-order valence-corrected chi connectivity index (χ4v) is 2.08. The van der Waals surface area contributed by atoms with Gasteiger partial charge in [0.05, 0.1) is 0 Å². The molecule has 1 atom stereocenters. The molecule has 1 aromatic carbocycles. The Hall–Kier alpha value is -2.43. The molecule has 0 radical (unpaired) electrons. The molecule has 0 aliphatic carbocycles. The standard InChI is InChI=1S/C17H20FN3O/c1-13(12-21-10-9-19-14(21)2)11-20-17(22)8-5-15-3-6-16(18)7-4-15/h3-10,13H,11-12H2,1-2H3,(H,20,22)/b8-5+. The molecule has 2 aromatic rings. The van der Waals surface area contributed by atoms with E-state index in [9.17, 15) is 9.18 Å². The van der Waals surface area contributed by atoms with Crippen LogP contribution < -0.4 is 5.32 Å². The molecule has 1 unspecified atom stereocenters. The molecule has 5 heteroatoms. The van der Waals surface area contributed by atoms with Crippen molar-refractivity contribution < 1.29 is 9.18 Å². The van der Waals surface area contributed by atoms with Crippen LogP contribution in [0.1, 0.15) is 18.3 Å². The Labute approximate surface area is 129 Å². The quantitative estimate of drug-likeness (QED) is 0.834. The number of benzene rings is 1. The third-order valence-corrected chi connectivity index (χ3v) is 3.35. The van der Waals surface area contributed by atoms with Gasteiger partial charge in [-0.1, -0.05) is 19.1 Å². The molecule has 2 rings (SSSR count). The van der Waals surface area contributed by atoms with Crippen LogP contribution in [0.2, 0.25) is 0 Å². The van der Waals surface area contributed by atoms with Crippen LogP contribution in [-0.2, 0) is 11.3 Å². The van der Waals surface area contributed by atoms with E-state index >= 15 is 0 Å². The van der Waals surface area contributed by atoms with E-state index < -0.39 is 0 Å². The highest BCUT2D eigenvalue weighted by Gasteiger charge is 2.06. The number of aromatic nitrogens is 2. The molecule has 0 spiro atoms. The minimum atomic E-state index is -0.287. The molecule has 1 N–H and O–H groups in total. The number of nitrogens with zero attached hydrogens (tertiary/aromatic N) is 2. The monoisotopic (exact) mass is 301 g/mol. The van der Waals surface area contributed by atoms with E-state index in [2.05, 4.69) is 21.8 Å². The van der Waals surface area contributed by atoms with Gasteiger partial charge in [0.2, 0.25) is 5.91 Å². The number of carbonyl (C=O) groups excluding carboxylic acids is 1. The highest BCUT2D eigenvalue weighted by Crippen LogP contribution is 2.05. The number of imidazole rings is 1. The van der Waals surface area contributed by atoms with Crippen molar-refractivity contribution in [3.63, 3.8) is 0 Å². The lowest BCUT2D eigenvalue weighted by Crippen LogP contribution is -2.28. The third-order valence-electron chi connectivity index (χ3n) is 3.35. The average molecular weight is 301 g/mol. The highest BCUT2D eigenvalue weighted by molar-refractivity contribution is 5.91. The predicted octanol–water partition coefficient (Wildman–Crippen LogP) is 2.80. The summed E-state index contributed by atoms with van der Waals surface area (Å²) in [6.07, 6.45) is 6.83. The van der Waals surface area contributed by atoms with Crippen molar-refractivity contribution in [2.75, 3.05) is 6.54 Å². The summed E-state index contributed by atoms with van der Waals surface area (Å²) in [6, 6.07) is 5.99. The average Bonchev–Trinajstić information content (AvgIpc) is 2.90. The molecular weight excluding hydrogens is 281 g/mol. The Morgan fingerprint density at radius 1 is 1.41 bits per heavy atom. The van der Waals surface area contributed by atoms with E-state index in [1.807, 2.05) is 13.1 Å². The van der Waals surface area contributed by atoms with Crippen LogP contribution in [0.4, 0.5) is 4.39 Å². The molecule has 0 bridgehead atoms. The molecule has 0 aliphatic heterocycles. The van der Waals surface area contributed by atoms with E-state index in [0.29, 0.717) is 12.5 Å². The molecule has 0 aliphatic rings. The van der Waals surface area contributed by atoms with Crippen molar-refractivity contribution in [1.82, 2.24) is 14.9 Å². The van der Waals surface area contributed by atoms with E-state index in [1.165, 1.54) is 18.2 Å². The summed E-state index contributed by atoms with van der Waals surface area (Å²) in [5.41, 5.74) is 0.790. The van der Waals surface area contributed by atoms with E-state index in [0.717, 1.165) is 17.9 Å². The minimum absolute atomic E-state index is 0.154. The summed E-state index contributed by atoms with van der Waals surface area (Å²) in [6.45, 7) is 5.43. The summed E-state index contributed by atoms with van der Waals surface area (Å²) in [7, 11) is 0. The van der Waals surface area contributed by atoms with Gasteiger partial charge >= 0.3 is 0 Å². The van der Waals surface area contributed by atoms with Gasteiger partial charge in [0.15, 0.2) is 0 Å². The molecule has 0 saturated carbocycles. The smallest absolute Gasteiger partial charge is 0.244 e. The topological polar surface area (TPSA) is 46.9 Å². The SMILES string of the molecule is Cc1nccn1CC(C)CNC(=O)/C=C/c1ccc(F)cc1. The van der Waals surface area contributed by atoms with Crippen molar-refractivity contribution in [2.24, 2.45) is 5.92 Å². The first-order valence-corrected chi connectivity index (χ1v) is 7.24. The Morgan fingerprint density at radius 3 is 2.77 bits per heavy atom. The van der Waals surface area contributed by atoms with Crippen molar-refractivity contribution in [3.05, 3.63) is 59.9 Å². The second-order valence-electron chi connectivity index (χ2n) is 5.36. The van der Waals surface area contributed by atoms with Crippen molar-refractivity contribution in [1.29, 1.82) is 0 Å². The highest BCUT2D eigenvalue weighted by atomic mass is 19.1. The number of aryl methyl sites for hydroxylation is 1. The first-order chi connectivity index (χ1) is 10.5. The summed E-state index contributed by atoms with van der Waals surface area (Å²) in [5.74, 6) is 0.828. The number of hydrogen-bond acceptors (Lipinski definition) is 2. The molecule has 116 valence electrons. The van der Waals surface area contributed by atoms with Crippen molar-refractivity contribution in [3.8, 4) is 0 Å². The summed E-state index contributed by atoms with van der Waals surface area (Å²) in [5, 5.41) is 2.86. The zero-order valence-corrected chi connectivity index (χ0v) is 12.8. The lowest BCUT2D eigenvalue weighted by atomic mass is 10.1. The predicted molar refractivity (Wildman–Crippen MR) is 84.6 cm³/mol. The number of amides is 1. The van der Waals surface area contributed by atoms with Crippen LogP contribution in [0.25, 0.3) is 6.08 Å². The fraction of sp³-hybridized carbons (Fsp3) is 0.294. The van der Waals surface area contributed by atoms with Gasteiger partial charge in [0, 0.05) is 31.6 Å². The van der Waals surface area contributed by atoms with Crippen LogP contribution in [0.15, 0.2) is 42.7 Å². The molecule has 1 heterocycles. The molecule has 1 amide bonds. The van der Waals surface area contributed by atoms with Crippen LogP contribution in [0.3, 0.4) is 0 Å². The van der Waals surface area contributed by atoms with E-state index in [1.54, 1.807) is 24.4 Å². The second-order valence-corrected chi connectivity index (χ2v) is 5.36. The maximum atomic E-state index is 12.8. The summed E-state index contributed by atoms with van der Waals surface area (Å²) >= 11 is 0. The van der Waals surface area contributed by atoms with Crippen LogP contribution in [-0.4, -0.2) is 22.0 Å². The van der Waals surface area contributed by atoms with Gasteiger partial charge in [-0.25, -0.2) is 9.37 Å². The third kappa shape index (κ3) is 4.84. The molecule has 22 heavy (non-hydrogen) atoms. The molecule has 0 saturated heterocycles. The number of halogens is 1. The van der Waals surface area contributed by atoms with Crippen molar-refractivity contribution >= 4 is 12.0 Å². The first kappa shape index (κ1) is 15.9. The van der Waals surface area contributed by atoms with Gasteiger partial charge in [-0.15, -0.1) is 0 Å². The van der Waals surface area contributed by atoms with Crippen molar-refractivity contribution in [2.45, 2.75) is 20.4 Å². The van der Waals surface area contributed by atoms with Gasteiger partial charge in [-0.2, -0.15) is 0 Å². The van der Waals surface area contributed by atoms with Gasteiger partial charge in [0.1, 0.15) is 11.6 Å². The fourth-order valence-electron chi connectivity index (χ4n) is 2.08. The Balaban J connectivity index is 1.77. The number of carbonyl (C=O) groups is 1. The number of rotatable bonds is 6. The van der Waals surface area contributed by atoms with Gasteiger partial charge < -0.3 is 9.88 Å². The zero-order chi connectivity index (χ0) is 15.9. The maximum absolute atomic E-state index is 12.8. The summed E-state index contributed by atoms with van der Waals surface area (Å²) < 4.78 is 14.8. The minimum Gasteiger partial charge on any atom is -0.352 e. The van der Waals surface area contributed by atoms with Gasteiger partial charge in [-0.05, 0) is 36.6 Å². The Kier molecular flexibility index (Phi) is 5.47. The summed E-state index contributed by atoms with van der Waals surface area (Å²) in [4.78, 5) is 15.9. The van der Waals surface area contributed by atoms with Gasteiger partial charge in [-0.3, -0.25) is 4.79 Å². The molecule has 0 fully saturated rings. The van der Waals surface area contributed by atoms with Crippen LogP contribution in [0.5, 0.6) is 0 Å². The lowest BCUT2D eigenvalue weighted by molar-refractivity contribution is -0.116. The lowest BCUT2D eigenvalue weighted by Gasteiger charge is -2.13. The molecular formula is C17H20FN3O. The zero-order valence-electron chi connectivity index (χ0n) is 12.8. The maximum Gasteiger partial charge on any atom is 0.244 e.